The van der Waals surface area contributed by atoms with Crippen LogP contribution in [0.4, 0.5) is 0 Å². The van der Waals surface area contributed by atoms with Gasteiger partial charge in [-0.2, -0.15) is 0 Å². The van der Waals surface area contributed by atoms with Crippen LogP contribution in [0.2, 0.25) is 0 Å². The van der Waals surface area contributed by atoms with Crippen molar-refractivity contribution in [3.63, 3.8) is 0 Å². The summed E-state index contributed by atoms with van der Waals surface area (Å²) in [7, 11) is 0. The standard InChI is InChI=1S/C6H13NO2.ClH/c1-6(2)4-8-5(3-7)9-6;/h5H,3-4,7H2,1-2H3;1H. The molecule has 0 aliphatic carbocycles. The van der Waals surface area contributed by atoms with Crippen molar-refractivity contribution in [3.8, 4) is 0 Å². The van der Waals surface area contributed by atoms with Crippen LogP contribution in [-0.2, 0) is 9.47 Å². The minimum atomic E-state index is -0.181. The normalized spacial score (nSPS) is 29.7. The lowest BCUT2D eigenvalue weighted by atomic mass is 10.2. The van der Waals surface area contributed by atoms with E-state index < -0.39 is 0 Å². The Morgan fingerprint density at radius 1 is 1.60 bits per heavy atom. The average molecular weight is 168 g/mol. The van der Waals surface area contributed by atoms with E-state index >= 15 is 0 Å². The number of ether oxygens (including phenoxy) is 2. The Kier molecular flexibility index (Phi) is 3.59. The topological polar surface area (TPSA) is 44.5 Å². The highest BCUT2D eigenvalue weighted by Crippen LogP contribution is 2.20. The van der Waals surface area contributed by atoms with Crippen LogP contribution in [0.15, 0.2) is 0 Å². The molecule has 1 aliphatic heterocycles. The molecule has 0 spiro atoms. The zero-order valence-electron chi connectivity index (χ0n) is 6.29. The van der Waals surface area contributed by atoms with Crippen molar-refractivity contribution in [3.05, 3.63) is 0 Å². The molecule has 1 heterocycles. The van der Waals surface area contributed by atoms with E-state index in [1.165, 1.54) is 0 Å². The van der Waals surface area contributed by atoms with Gasteiger partial charge in [0, 0.05) is 6.54 Å². The van der Waals surface area contributed by atoms with Crippen molar-refractivity contribution in [2.45, 2.75) is 25.7 Å². The predicted octanol–water partition coefficient (Wildman–Crippen LogP) is 0.518. The Bertz CT molecular complexity index is 108. The van der Waals surface area contributed by atoms with Gasteiger partial charge in [-0.15, -0.1) is 12.4 Å². The predicted molar refractivity (Wildman–Crippen MR) is 41.2 cm³/mol. The third-order valence-corrected chi connectivity index (χ3v) is 1.26. The van der Waals surface area contributed by atoms with Crippen LogP contribution >= 0.6 is 12.4 Å². The quantitative estimate of drug-likeness (QED) is 0.620. The van der Waals surface area contributed by atoms with Crippen molar-refractivity contribution in [2.75, 3.05) is 13.2 Å². The first-order valence-corrected chi connectivity index (χ1v) is 3.13. The molecule has 2 N–H and O–H groups in total. The number of rotatable bonds is 1. The summed E-state index contributed by atoms with van der Waals surface area (Å²) in [5.41, 5.74) is 5.17. The SMILES string of the molecule is CC1(C)COC(CN)O1.Cl. The maximum Gasteiger partial charge on any atom is 0.170 e. The minimum Gasteiger partial charge on any atom is -0.348 e. The zero-order chi connectivity index (χ0) is 6.91. The van der Waals surface area contributed by atoms with Crippen molar-refractivity contribution < 1.29 is 9.47 Å². The van der Waals surface area contributed by atoms with E-state index in [4.69, 9.17) is 15.2 Å². The summed E-state index contributed by atoms with van der Waals surface area (Å²) < 4.78 is 10.5. The Morgan fingerprint density at radius 2 is 2.20 bits per heavy atom. The Balaban J connectivity index is 0.000000810. The second-order valence-corrected chi connectivity index (χ2v) is 2.85. The number of halogens is 1. The van der Waals surface area contributed by atoms with Crippen LogP contribution in [0.5, 0.6) is 0 Å². The van der Waals surface area contributed by atoms with Crippen LogP contribution in [0.3, 0.4) is 0 Å². The number of hydrogen-bond donors (Lipinski definition) is 1. The lowest BCUT2D eigenvalue weighted by Gasteiger charge is -2.14. The van der Waals surface area contributed by atoms with Gasteiger partial charge < -0.3 is 15.2 Å². The molecular formula is C6H14ClNO2. The molecule has 1 aliphatic rings. The maximum atomic E-state index is 5.35. The van der Waals surface area contributed by atoms with E-state index in [0.717, 1.165) is 0 Å². The van der Waals surface area contributed by atoms with Crippen LogP contribution in [0.25, 0.3) is 0 Å². The van der Waals surface area contributed by atoms with Crippen molar-refractivity contribution in [2.24, 2.45) is 5.73 Å². The van der Waals surface area contributed by atoms with Crippen molar-refractivity contribution >= 4 is 12.4 Å². The second-order valence-electron chi connectivity index (χ2n) is 2.85. The van der Waals surface area contributed by atoms with Crippen molar-refractivity contribution in [1.82, 2.24) is 0 Å². The van der Waals surface area contributed by atoms with Crippen molar-refractivity contribution in [1.29, 1.82) is 0 Å². The monoisotopic (exact) mass is 167 g/mol. The molecule has 0 aromatic rings. The molecule has 0 radical (unpaired) electrons. The van der Waals surface area contributed by atoms with E-state index in [1.54, 1.807) is 0 Å². The van der Waals surface area contributed by atoms with E-state index in [2.05, 4.69) is 0 Å². The fourth-order valence-electron chi connectivity index (χ4n) is 0.834. The average Bonchev–Trinajstić information content (AvgIpc) is 2.10. The Morgan fingerprint density at radius 3 is 2.40 bits per heavy atom. The smallest absolute Gasteiger partial charge is 0.170 e. The van der Waals surface area contributed by atoms with Gasteiger partial charge in [-0.3, -0.25) is 0 Å². The molecule has 0 amide bonds. The van der Waals surface area contributed by atoms with Gasteiger partial charge in [-0.25, -0.2) is 0 Å². The second kappa shape index (κ2) is 3.53. The third kappa shape index (κ3) is 2.42. The summed E-state index contributed by atoms with van der Waals surface area (Å²) in [5.74, 6) is 0. The molecule has 1 fully saturated rings. The molecule has 1 saturated heterocycles. The molecule has 1 rings (SSSR count). The molecule has 10 heavy (non-hydrogen) atoms. The summed E-state index contributed by atoms with van der Waals surface area (Å²) in [6.45, 7) is 5.07. The first-order valence-electron chi connectivity index (χ1n) is 3.13. The van der Waals surface area contributed by atoms with Gasteiger partial charge >= 0.3 is 0 Å². The van der Waals surface area contributed by atoms with Gasteiger partial charge in [0.05, 0.1) is 12.2 Å². The zero-order valence-corrected chi connectivity index (χ0v) is 7.11. The van der Waals surface area contributed by atoms with Crippen LogP contribution in [0.1, 0.15) is 13.8 Å². The van der Waals surface area contributed by atoms with Crippen LogP contribution < -0.4 is 5.73 Å². The summed E-state index contributed by atoms with van der Waals surface area (Å²) in [6.07, 6.45) is -0.181. The van der Waals surface area contributed by atoms with Gasteiger partial charge in [0.2, 0.25) is 0 Å². The fourth-order valence-corrected chi connectivity index (χ4v) is 0.834. The third-order valence-electron chi connectivity index (χ3n) is 1.26. The minimum absolute atomic E-state index is 0. The molecule has 3 nitrogen and oxygen atoms in total. The molecule has 0 saturated carbocycles. The molecule has 0 bridgehead atoms. The van der Waals surface area contributed by atoms with Gasteiger partial charge in [0.25, 0.3) is 0 Å². The fraction of sp³-hybridized carbons (Fsp3) is 1.00. The summed E-state index contributed by atoms with van der Waals surface area (Å²) in [6, 6.07) is 0. The van der Waals surface area contributed by atoms with E-state index in [-0.39, 0.29) is 24.3 Å². The molecular weight excluding hydrogens is 154 g/mol. The van der Waals surface area contributed by atoms with Gasteiger partial charge in [-0.05, 0) is 13.8 Å². The highest BCUT2D eigenvalue weighted by molar-refractivity contribution is 5.85. The molecule has 62 valence electrons. The molecule has 1 atom stereocenters. The number of hydrogen-bond acceptors (Lipinski definition) is 3. The summed E-state index contributed by atoms with van der Waals surface area (Å²) in [4.78, 5) is 0. The van der Waals surface area contributed by atoms with E-state index in [0.29, 0.717) is 13.2 Å². The highest BCUT2D eigenvalue weighted by Gasteiger charge is 2.31. The van der Waals surface area contributed by atoms with Crippen LogP contribution in [-0.4, -0.2) is 25.0 Å². The largest absolute Gasteiger partial charge is 0.348 e. The number of nitrogens with two attached hydrogens (primary N) is 1. The Hall–Kier alpha value is 0.170. The molecule has 0 aromatic carbocycles. The van der Waals surface area contributed by atoms with Gasteiger partial charge in [0.1, 0.15) is 0 Å². The first-order chi connectivity index (χ1) is 4.14. The van der Waals surface area contributed by atoms with Gasteiger partial charge in [0.15, 0.2) is 6.29 Å². The first kappa shape index (κ1) is 10.2. The van der Waals surface area contributed by atoms with Crippen LogP contribution in [0, 0.1) is 0 Å². The molecule has 4 heteroatoms. The Labute approximate surface area is 67.3 Å². The summed E-state index contributed by atoms with van der Waals surface area (Å²) in [5, 5.41) is 0. The lowest BCUT2D eigenvalue weighted by Crippen LogP contribution is -2.26. The molecule has 0 aromatic heterocycles. The molecule has 1 unspecified atom stereocenters. The lowest BCUT2D eigenvalue weighted by molar-refractivity contribution is -0.0706. The highest BCUT2D eigenvalue weighted by atomic mass is 35.5. The van der Waals surface area contributed by atoms with E-state index in [9.17, 15) is 0 Å². The summed E-state index contributed by atoms with van der Waals surface area (Å²) >= 11 is 0. The van der Waals surface area contributed by atoms with E-state index in [1.807, 2.05) is 13.8 Å². The maximum absolute atomic E-state index is 5.35. The van der Waals surface area contributed by atoms with Gasteiger partial charge in [-0.1, -0.05) is 0 Å².